The van der Waals surface area contributed by atoms with Gasteiger partial charge in [-0.15, -0.1) is 0 Å². The number of halogens is 2. The van der Waals surface area contributed by atoms with Gasteiger partial charge in [-0.2, -0.15) is 0 Å². The molecule has 4 nitrogen and oxygen atoms in total. The Labute approximate surface area is 136 Å². The van der Waals surface area contributed by atoms with Gasteiger partial charge < -0.3 is 5.11 Å². The Morgan fingerprint density at radius 3 is 2.50 bits per heavy atom. The first-order chi connectivity index (χ1) is 10.5. The third kappa shape index (κ3) is 2.40. The van der Waals surface area contributed by atoms with Gasteiger partial charge in [0.1, 0.15) is 0 Å². The number of carboxylic acids is 1. The molecule has 110 valence electrons. The van der Waals surface area contributed by atoms with Crippen molar-refractivity contribution < 1.29 is 14.7 Å². The van der Waals surface area contributed by atoms with Crippen molar-refractivity contribution in [1.29, 1.82) is 0 Å². The summed E-state index contributed by atoms with van der Waals surface area (Å²) in [6, 6.07) is 11.3. The minimum absolute atomic E-state index is 0.137. The lowest BCUT2D eigenvalue weighted by Crippen LogP contribution is -2.35. The van der Waals surface area contributed by atoms with Gasteiger partial charge in [0, 0.05) is 21.2 Å². The summed E-state index contributed by atoms with van der Waals surface area (Å²) in [7, 11) is 0. The number of fused-ring (bicyclic) bond motifs is 1. The Morgan fingerprint density at radius 2 is 1.82 bits per heavy atom. The van der Waals surface area contributed by atoms with Gasteiger partial charge in [-0.1, -0.05) is 41.4 Å². The average molecular weight is 334 g/mol. The molecule has 0 spiro atoms. The average Bonchev–Trinajstić information content (AvgIpc) is 2.48. The van der Waals surface area contributed by atoms with E-state index < -0.39 is 17.7 Å². The Bertz CT molecular complexity index is 830. The van der Waals surface area contributed by atoms with Crippen molar-refractivity contribution in [2.45, 2.75) is 0 Å². The number of carbonyl (C=O) groups excluding carboxylic acids is 1. The van der Waals surface area contributed by atoms with Crippen LogP contribution in [-0.2, 0) is 4.79 Å². The van der Waals surface area contributed by atoms with Crippen LogP contribution in [0.25, 0.3) is 0 Å². The summed E-state index contributed by atoms with van der Waals surface area (Å²) in [5.74, 6) is -3.21. The maximum absolute atomic E-state index is 12.5. The monoisotopic (exact) mass is 333 g/mol. The lowest BCUT2D eigenvalue weighted by Gasteiger charge is -2.21. The van der Waals surface area contributed by atoms with Crippen LogP contribution < -0.4 is 0 Å². The van der Waals surface area contributed by atoms with Crippen LogP contribution in [-0.4, -0.2) is 22.6 Å². The standard InChI is InChI=1S/C16H9Cl2NO3/c17-8-5-6-12-10(7-8)15(20)13(16(21)22)14(19-12)9-3-1-2-4-11(9)18/h1-7,13H,(H,21,22). The van der Waals surface area contributed by atoms with Crippen LogP contribution in [0.2, 0.25) is 10.0 Å². The van der Waals surface area contributed by atoms with Gasteiger partial charge in [-0.05, 0) is 24.3 Å². The molecule has 22 heavy (non-hydrogen) atoms. The van der Waals surface area contributed by atoms with Gasteiger partial charge in [-0.3, -0.25) is 14.6 Å². The van der Waals surface area contributed by atoms with Crippen molar-refractivity contribution >= 4 is 46.4 Å². The highest BCUT2D eigenvalue weighted by atomic mass is 35.5. The fourth-order valence-electron chi connectivity index (χ4n) is 2.39. The fourth-order valence-corrected chi connectivity index (χ4v) is 2.80. The molecule has 0 aromatic heterocycles. The van der Waals surface area contributed by atoms with E-state index in [-0.39, 0.29) is 11.3 Å². The van der Waals surface area contributed by atoms with E-state index in [1.54, 1.807) is 36.4 Å². The number of aliphatic carboxylic acids is 1. The number of hydrogen-bond acceptors (Lipinski definition) is 3. The number of rotatable bonds is 2. The largest absolute Gasteiger partial charge is 0.480 e. The van der Waals surface area contributed by atoms with E-state index in [1.165, 1.54) is 6.07 Å². The second-order valence-electron chi connectivity index (χ2n) is 4.77. The van der Waals surface area contributed by atoms with Gasteiger partial charge >= 0.3 is 5.97 Å². The molecule has 0 bridgehead atoms. The Hall–Kier alpha value is -2.17. The minimum atomic E-state index is -1.40. The number of aliphatic imine (C=N–C) groups is 1. The normalized spacial score (nSPS) is 16.9. The SMILES string of the molecule is O=C(O)C1C(=O)c2cc(Cl)ccc2N=C1c1ccccc1Cl. The molecular weight excluding hydrogens is 325 g/mol. The highest BCUT2D eigenvalue weighted by Crippen LogP contribution is 2.34. The predicted octanol–water partition coefficient (Wildman–Crippen LogP) is 4.01. The molecule has 6 heteroatoms. The molecule has 2 aromatic carbocycles. The predicted molar refractivity (Wildman–Crippen MR) is 84.6 cm³/mol. The zero-order chi connectivity index (χ0) is 15.9. The molecule has 0 amide bonds. The molecule has 0 aliphatic carbocycles. The summed E-state index contributed by atoms with van der Waals surface area (Å²) in [6.45, 7) is 0. The summed E-state index contributed by atoms with van der Waals surface area (Å²) < 4.78 is 0. The molecule has 1 heterocycles. The molecule has 1 unspecified atom stereocenters. The van der Waals surface area contributed by atoms with E-state index in [0.29, 0.717) is 21.3 Å². The van der Waals surface area contributed by atoms with Crippen LogP contribution in [0, 0.1) is 5.92 Å². The van der Waals surface area contributed by atoms with Crippen molar-refractivity contribution in [2.75, 3.05) is 0 Å². The van der Waals surface area contributed by atoms with Gasteiger partial charge in [0.05, 0.1) is 11.4 Å². The van der Waals surface area contributed by atoms with Crippen molar-refractivity contribution in [1.82, 2.24) is 0 Å². The maximum atomic E-state index is 12.5. The van der Waals surface area contributed by atoms with E-state index in [1.807, 2.05) is 0 Å². The van der Waals surface area contributed by atoms with Crippen molar-refractivity contribution in [3.63, 3.8) is 0 Å². The quantitative estimate of drug-likeness (QED) is 0.844. The fraction of sp³-hybridized carbons (Fsp3) is 0.0625. The number of carboxylic acid groups (broad SMARTS) is 1. The number of hydrogen-bond donors (Lipinski definition) is 1. The third-order valence-electron chi connectivity index (χ3n) is 3.40. The first kappa shape index (κ1) is 14.8. The first-order valence-electron chi connectivity index (χ1n) is 6.39. The van der Waals surface area contributed by atoms with Gasteiger partial charge in [0.2, 0.25) is 0 Å². The number of nitrogens with zero attached hydrogens (tertiary/aromatic N) is 1. The van der Waals surface area contributed by atoms with Crippen molar-refractivity contribution in [3.05, 3.63) is 63.6 Å². The van der Waals surface area contributed by atoms with E-state index in [4.69, 9.17) is 23.2 Å². The number of ketones is 1. The van der Waals surface area contributed by atoms with Crippen LogP contribution in [0.1, 0.15) is 15.9 Å². The second kappa shape index (κ2) is 5.55. The minimum Gasteiger partial charge on any atom is -0.480 e. The van der Waals surface area contributed by atoms with Crippen LogP contribution in [0.4, 0.5) is 5.69 Å². The highest BCUT2D eigenvalue weighted by molar-refractivity contribution is 6.39. The number of benzene rings is 2. The van der Waals surface area contributed by atoms with Crippen LogP contribution in [0.3, 0.4) is 0 Å². The maximum Gasteiger partial charge on any atom is 0.320 e. The second-order valence-corrected chi connectivity index (χ2v) is 5.62. The van der Waals surface area contributed by atoms with Crippen LogP contribution in [0.5, 0.6) is 0 Å². The van der Waals surface area contributed by atoms with Crippen molar-refractivity contribution in [2.24, 2.45) is 10.9 Å². The molecule has 3 rings (SSSR count). The van der Waals surface area contributed by atoms with E-state index >= 15 is 0 Å². The highest BCUT2D eigenvalue weighted by Gasteiger charge is 2.38. The first-order valence-corrected chi connectivity index (χ1v) is 7.14. The van der Waals surface area contributed by atoms with E-state index in [2.05, 4.69) is 4.99 Å². The Balaban J connectivity index is 2.26. The zero-order valence-electron chi connectivity index (χ0n) is 11.1. The molecule has 1 atom stereocenters. The Kier molecular flexibility index (Phi) is 3.72. The van der Waals surface area contributed by atoms with Crippen molar-refractivity contribution in [3.8, 4) is 0 Å². The summed E-state index contributed by atoms with van der Waals surface area (Å²) in [4.78, 5) is 28.5. The molecule has 1 aliphatic rings. The molecule has 0 saturated carbocycles. The van der Waals surface area contributed by atoms with Gasteiger partial charge in [0.15, 0.2) is 11.7 Å². The lowest BCUT2D eigenvalue weighted by atomic mass is 9.86. The summed E-state index contributed by atoms with van der Waals surface area (Å²) in [5.41, 5.74) is 1.17. The number of carbonyl (C=O) groups is 2. The van der Waals surface area contributed by atoms with Gasteiger partial charge in [-0.25, -0.2) is 0 Å². The smallest absolute Gasteiger partial charge is 0.320 e. The number of Topliss-reactive ketones (excluding diaryl/α,β-unsaturated/α-hetero) is 1. The van der Waals surface area contributed by atoms with Crippen LogP contribution >= 0.6 is 23.2 Å². The summed E-state index contributed by atoms with van der Waals surface area (Å²) >= 11 is 12.0. The van der Waals surface area contributed by atoms with Crippen LogP contribution in [0.15, 0.2) is 47.5 Å². The lowest BCUT2D eigenvalue weighted by molar-refractivity contribution is -0.137. The topological polar surface area (TPSA) is 66.7 Å². The molecule has 0 radical (unpaired) electrons. The molecule has 0 saturated heterocycles. The van der Waals surface area contributed by atoms with E-state index in [0.717, 1.165) is 0 Å². The molecule has 1 aliphatic heterocycles. The molecule has 1 N–H and O–H groups in total. The third-order valence-corrected chi connectivity index (χ3v) is 3.96. The molecule has 0 fully saturated rings. The molecule has 2 aromatic rings. The molecular formula is C16H9Cl2NO3. The Morgan fingerprint density at radius 1 is 1.09 bits per heavy atom. The van der Waals surface area contributed by atoms with E-state index in [9.17, 15) is 14.7 Å². The summed E-state index contributed by atoms with van der Waals surface area (Å²) in [5, 5.41) is 10.1. The zero-order valence-corrected chi connectivity index (χ0v) is 12.6. The van der Waals surface area contributed by atoms with Gasteiger partial charge in [0.25, 0.3) is 0 Å². The summed E-state index contributed by atoms with van der Waals surface area (Å²) in [6.07, 6.45) is 0.